The fraction of sp³-hybridized carbons (Fsp3) is 0.896. The second-order valence-corrected chi connectivity index (χ2v) is 33.2. The van der Waals surface area contributed by atoms with E-state index in [4.69, 9.17) is 56.8 Å². The predicted molar refractivity (Wildman–Crippen MR) is 468 cm³/mol. The number of hydrogen-bond donors (Lipinski definition) is 2. The van der Waals surface area contributed by atoms with Gasteiger partial charge in [-0.15, -0.1) is 0 Å². The number of ketones is 8. The first-order chi connectivity index (χ1) is 58.6. The van der Waals surface area contributed by atoms with E-state index in [1.54, 1.807) is 0 Å². The second-order valence-electron chi connectivity index (χ2n) is 33.2. The fourth-order valence-electron chi connectivity index (χ4n) is 14.3. The number of Topliss-reactive ketones (excluding diaryl/α,β-unsaturated/α-hetero) is 8. The van der Waals surface area contributed by atoms with Crippen molar-refractivity contribution in [2.75, 3.05) is 145 Å². The average Bonchev–Trinajstić information content (AvgIpc) is 1.49. The normalized spacial score (nSPS) is 24.6. The summed E-state index contributed by atoms with van der Waals surface area (Å²) in [6, 6.07) is 0. The molecule has 5 fully saturated rings. The molecule has 0 aliphatic carbocycles. The monoisotopic (exact) mass is 1710 g/mol. The van der Waals surface area contributed by atoms with Crippen molar-refractivity contribution in [1.29, 1.82) is 0 Å². The van der Waals surface area contributed by atoms with Crippen LogP contribution in [0.1, 0.15) is 392 Å². The number of rotatable bonds is 0. The summed E-state index contributed by atoms with van der Waals surface area (Å²) in [6.07, 6.45) is 51.7. The Morgan fingerprint density at radius 1 is 0.167 bits per heavy atom. The van der Waals surface area contributed by atoms with Crippen LogP contribution in [-0.2, 0) is 105 Å². The minimum absolute atomic E-state index is 0.136. The Bertz CT molecular complexity index is 2380. The largest absolute Gasteiger partial charge is 0.463 e. The molecular weight excluding hydrogens is 1540 g/mol. The van der Waals surface area contributed by atoms with Gasteiger partial charge in [-0.05, 0) is 147 Å². The van der Waals surface area contributed by atoms with E-state index in [2.05, 4.69) is 6.92 Å². The molecule has 2 N–H and O–H groups in total. The van der Waals surface area contributed by atoms with E-state index in [-0.39, 0.29) is 48.9 Å². The molecule has 3 unspecified atom stereocenters. The van der Waals surface area contributed by atoms with E-state index in [1.165, 1.54) is 64.2 Å². The van der Waals surface area contributed by atoms with Crippen molar-refractivity contribution in [3.8, 4) is 0 Å². The molecule has 5 saturated heterocycles. The Morgan fingerprint density at radius 2 is 0.333 bits per heavy atom. The first kappa shape index (κ1) is 114. The van der Waals surface area contributed by atoms with Gasteiger partial charge in [0.1, 0.15) is 59.5 Å². The Balaban J connectivity index is 0.000000752. The van der Waals surface area contributed by atoms with Crippen LogP contribution in [0.2, 0.25) is 0 Å². The molecule has 0 amide bonds. The van der Waals surface area contributed by atoms with Crippen LogP contribution < -0.4 is 0 Å². The lowest BCUT2D eigenvalue weighted by atomic mass is 9.95. The van der Waals surface area contributed by atoms with Gasteiger partial charge in [-0.2, -0.15) is 0 Å². The molecule has 5 aliphatic heterocycles. The summed E-state index contributed by atoms with van der Waals surface area (Å²) >= 11 is 0. The molecule has 24 heteroatoms. The van der Waals surface area contributed by atoms with E-state index >= 15 is 0 Å². The highest BCUT2D eigenvalue weighted by Gasteiger charge is 2.15. The van der Waals surface area contributed by atoms with Crippen LogP contribution in [-0.4, -0.2) is 226 Å². The van der Waals surface area contributed by atoms with Gasteiger partial charge in [0.05, 0.1) is 91.5 Å². The zero-order chi connectivity index (χ0) is 87.0. The number of hydrogen-bond acceptors (Lipinski definition) is 24. The summed E-state index contributed by atoms with van der Waals surface area (Å²) in [5, 5.41) is 19.9. The molecule has 0 aromatic rings. The molecule has 0 spiro atoms. The number of carbonyl (C=O) groups excluding carboxylic acids is 10. The highest BCUT2D eigenvalue weighted by atomic mass is 16.6. The van der Waals surface area contributed by atoms with Gasteiger partial charge >= 0.3 is 11.9 Å². The molecule has 5 heterocycles. The lowest BCUT2D eigenvalue weighted by Gasteiger charge is -2.10. The first-order valence-electron chi connectivity index (χ1n) is 48.2. The van der Waals surface area contributed by atoms with Crippen LogP contribution in [0, 0.1) is 5.92 Å². The highest BCUT2D eigenvalue weighted by Crippen LogP contribution is 2.21. The van der Waals surface area contributed by atoms with Crippen LogP contribution in [0.15, 0.2) is 0 Å². The van der Waals surface area contributed by atoms with Crippen molar-refractivity contribution in [3.63, 3.8) is 0 Å². The maximum Gasteiger partial charge on any atom is 0.305 e. The van der Waals surface area contributed by atoms with Gasteiger partial charge in [-0.3, -0.25) is 47.9 Å². The van der Waals surface area contributed by atoms with Crippen molar-refractivity contribution in [1.82, 2.24) is 0 Å². The topological polar surface area (TPSA) is 322 Å². The van der Waals surface area contributed by atoms with Gasteiger partial charge in [0.15, 0.2) is 0 Å². The molecule has 0 radical (unpaired) electrons. The van der Waals surface area contributed by atoms with E-state index in [0.717, 1.165) is 199 Å². The van der Waals surface area contributed by atoms with Crippen LogP contribution in [0.5, 0.6) is 0 Å². The van der Waals surface area contributed by atoms with Crippen molar-refractivity contribution in [2.24, 2.45) is 5.92 Å². The summed E-state index contributed by atoms with van der Waals surface area (Å²) in [7, 11) is 0. The summed E-state index contributed by atoms with van der Waals surface area (Å²) in [4.78, 5) is 117. The van der Waals surface area contributed by atoms with E-state index in [9.17, 15) is 58.2 Å². The minimum atomic E-state index is -0.347. The van der Waals surface area contributed by atoms with E-state index in [0.29, 0.717) is 295 Å². The van der Waals surface area contributed by atoms with Gasteiger partial charge in [0.2, 0.25) is 0 Å². The Labute approximate surface area is 725 Å². The summed E-state index contributed by atoms with van der Waals surface area (Å²) in [5.41, 5.74) is 0. The third-order valence-corrected chi connectivity index (χ3v) is 21.8. The first-order valence-corrected chi connectivity index (χ1v) is 48.2. The van der Waals surface area contributed by atoms with Gasteiger partial charge in [-0.25, -0.2) is 0 Å². The molecule has 24 nitrogen and oxygen atoms in total. The third kappa shape index (κ3) is 87.3. The van der Waals surface area contributed by atoms with Gasteiger partial charge < -0.3 is 67.1 Å². The summed E-state index contributed by atoms with van der Waals surface area (Å²) < 4.78 is 64.5. The van der Waals surface area contributed by atoms with Gasteiger partial charge in [0, 0.05) is 168 Å². The Morgan fingerprint density at radius 3 is 0.600 bits per heavy atom. The van der Waals surface area contributed by atoms with Gasteiger partial charge in [0.25, 0.3) is 0 Å². The lowest BCUT2D eigenvalue weighted by Crippen LogP contribution is -2.15. The molecule has 0 bridgehead atoms. The SMILES string of the molecule is CC1CCCCC(=O)CCCOCCOCCCC(=O)CC1.O=C1CCCCC(O)CCCC(=O)CCCOCCOCCC1.O=C1CCCCCC(O)CCCCC(=O)CCCOCCOCCC1.O=C1CCCCCCCCC(=O)CCCOCCOCCC1.O=C1CCCCCCCCCCCCCCC(=O)OCCOCCOCCO1. The number of aliphatic hydroxyl groups excluding tert-OH is 2. The number of ether oxygens (including phenoxy) is 12. The van der Waals surface area contributed by atoms with Crippen LogP contribution in [0.4, 0.5) is 0 Å². The number of esters is 2. The molecule has 0 aromatic carbocycles. The number of aliphatic hydroxyl groups is 2. The fourth-order valence-corrected chi connectivity index (χ4v) is 14.3. The van der Waals surface area contributed by atoms with Crippen LogP contribution in [0.25, 0.3) is 0 Å². The molecular formula is C96H172O24. The highest BCUT2D eigenvalue weighted by molar-refractivity contribution is 5.81. The molecule has 5 aliphatic rings. The zero-order valence-electron chi connectivity index (χ0n) is 75.6. The number of cyclic esters (lactones) is 2. The van der Waals surface area contributed by atoms with Crippen molar-refractivity contribution < 1.29 is 115 Å². The summed E-state index contributed by atoms with van der Waals surface area (Å²) in [6.45, 7) is 13.7. The zero-order valence-corrected chi connectivity index (χ0v) is 75.6. The Hall–Kier alpha value is -4.18. The summed E-state index contributed by atoms with van der Waals surface area (Å²) in [5.74, 6) is 2.85. The molecule has 5 rings (SSSR count). The van der Waals surface area contributed by atoms with E-state index < -0.39 is 0 Å². The van der Waals surface area contributed by atoms with Gasteiger partial charge in [-0.1, -0.05) is 135 Å². The predicted octanol–water partition coefficient (Wildman–Crippen LogP) is 18.6. The lowest BCUT2D eigenvalue weighted by molar-refractivity contribution is -0.147. The maximum absolute atomic E-state index is 11.8. The Kier molecular flexibility index (Phi) is 85.0. The van der Waals surface area contributed by atoms with Crippen LogP contribution >= 0.6 is 0 Å². The quantitative estimate of drug-likeness (QED) is 0.213. The molecule has 0 aromatic heterocycles. The maximum atomic E-state index is 11.8. The van der Waals surface area contributed by atoms with Crippen molar-refractivity contribution in [2.45, 2.75) is 404 Å². The smallest absolute Gasteiger partial charge is 0.305 e. The minimum Gasteiger partial charge on any atom is -0.463 e. The van der Waals surface area contributed by atoms with Crippen molar-refractivity contribution >= 4 is 58.2 Å². The standard InChI is InChI=1S/C22H40O6.C20H36O5.C18H32O5.2C18H32O4/c23-21-13-11-9-7-5-3-1-2-4-6-8-10-12-14-22(24)28-20-18-26-16-15-25-17-19-27-21;21-18-8-2-1-3-9-19(22)12-6-14-24-16-17-25-15-7-13-20(23)11-5-4-10-18;19-16-6-1-2-7-17(20)10-4-12-22-14-15-23-13-5-11-18(21)9-3-8-16;1-16-6-2-3-7-17(19)8-4-12-21-14-15-22-13-5-9-18(20)11-10-16;19-17-9-5-3-1-2-4-6-10-18(20)12-8-14-22-16-15-21-13-7-11-17/h1-20H2;18,21H,1-17H2;16,19H,1-15H2;16H,2-15H2,1H3;1-16H2. The molecule has 3 atom stereocenters. The van der Waals surface area contributed by atoms with Crippen LogP contribution in [0.3, 0.4) is 0 Å². The van der Waals surface area contributed by atoms with E-state index in [1.807, 2.05) is 0 Å². The average molecular weight is 1710 g/mol. The second kappa shape index (κ2) is 89.6. The molecule has 700 valence electrons. The third-order valence-electron chi connectivity index (χ3n) is 21.8. The molecule has 0 saturated carbocycles. The van der Waals surface area contributed by atoms with Crippen molar-refractivity contribution in [3.05, 3.63) is 0 Å². The molecule has 120 heavy (non-hydrogen) atoms. The number of carbonyl (C=O) groups is 10.